The van der Waals surface area contributed by atoms with Gasteiger partial charge in [-0.05, 0) is 13.0 Å². The summed E-state index contributed by atoms with van der Waals surface area (Å²) in [6.07, 6.45) is -1.16. The molecular formula is C12H18N2O3. The third kappa shape index (κ3) is 3.72. The number of hydrogen-bond acceptors (Lipinski definition) is 4. The number of nitrogens with two attached hydrogens (primary N) is 1. The zero-order chi connectivity index (χ0) is 12.8. The second kappa shape index (κ2) is 6.22. The minimum absolute atomic E-state index is 0.0865. The number of amides is 1. The van der Waals surface area contributed by atoms with Crippen LogP contribution in [0.15, 0.2) is 18.2 Å². The van der Waals surface area contributed by atoms with E-state index in [1.165, 1.54) is 0 Å². The summed E-state index contributed by atoms with van der Waals surface area (Å²) in [4.78, 5) is 11.4. The highest BCUT2D eigenvalue weighted by molar-refractivity contribution is 5.80. The minimum Gasteiger partial charge on any atom is -0.496 e. The standard InChI is InChI=1S/C12H18N2O3/c1-8-3-4-11(17-2)9(5-8)7-14-12(16)10(15)6-13/h3-5,10,15H,6-7,13H2,1-2H3,(H,14,16). The Bertz CT molecular complexity index is 393. The van der Waals surface area contributed by atoms with Crippen molar-refractivity contribution in [3.05, 3.63) is 29.3 Å². The minimum atomic E-state index is -1.16. The molecule has 0 heterocycles. The molecule has 1 unspecified atom stereocenters. The molecule has 5 heteroatoms. The number of carbonyl (C=O) groups excluding carboxylic acids is 1. The highest BCUT2D eigenvalue weighted by Crippen LogP contribution is 2.19. The molecule has 17 heavy (non-hydrogen) atoms. The Kier molecular flexibility index (Phi) is 4.93. The Morgan fingerprint density at radius 2 is 2.29 bits per heavy atom. The molecule has 5 nitrogen and oxygen atoms in total. The van der Waals surface area contributed by atoms with Crippen LogP contribution in [0.4, 0.5) is 0 Å². The van der Waals surface area contributed by atoms with Crippen LogP contribution in [0, 0.1) is 6.92 Å². The third-order valence-corrected chi connectivity index (χ3v) is 2.41. The van der Waals surface area contributed by atoms with E-state index in [4.69, 9.17) is 10.5 Å². The van der Waals surface area contributed by atoms with Crippen molar-refractivity contribution in [2.75, 3.05) is 13.7 Å². The van der Waals surface area contributed by atoms with E-state index in [0.29, 0.717) is 12.3 Å². The molecule has 0 aliphatic carbocycles. The van der Waals surface area contributed by atoms with Gasteiger partial charge in [-0.25, -0.2) is 0 Å². The van der Waals surface area contributed by atoms with Crippen LogP contribution in [0.25, 0.3) is 0 Å². The molecule has 0 aromatic heterocycles. The molecule has 0 radical (unpaired) electrons. The number of nitrogens with one attached hydrogen (secondary N) is 1. The molecule has 94 valence electrons. The summed E-state index contributed by atoms with van der Waals surface area (Å²) in [5.74, 6) is 0.231. The van der Waals surface area contributed by atoms with Gasteiger partial charge in [0.1, 0.15) is 11.9 Å². The van der Waals surface area contributed by atoms with Gasteiger partial charge in [0.25, 0.3) is 0 Å². The van der Waals surface area contributed by atoms with E-state index < -0.39 is 12.0 Å². The predicted molar refractivity (Wildman–Crippen MR) is 64.6 cm³/mol. The Morgan fingerprint density at radius 3 is 2.88 bits per heavy atom. The number of benzene rings is 1. The van der Waals surface area contributed by atoms with Crippen LogP contribution >= 0.6 is 0 Å². The largest absolute Gasteiger partial charge is 0.496 e. The highest BCUT2D eigenvalue weighted by Gasteiger charge is 2.13. The number of methoxy groups -OCH3 is 1. The van der Waals surface area contributed by atoms with E-state index in [1.807, 2.05) is 25.1 Å². The van der Waals surface area contributed by atoms with Gasteiger partial charge in [0.05, 0.1) is 7.11 Å². The fraction of sp³-hybridized carbons (Fsp3) is 0.417. The monoisotopic (exact) mass is 238 g/mol. The van der Waals surface area contributed by atoms with E-state index in [0.717, 1.165) is 11.1 Å². The first-order chi connectivity index (χ1) is 8.08. The van der Waals surface area contributed by atoms with Crippen LogP contribution in [-0.2, 0) is 11.3 Å². The molecule has 0 aliphatic rings. The van der Waals surface area contributed by atoms with Gasteiger partial charge < -0.3 is 20.9 Å². The average molecular weight is 238 g/mol. The number of aliphatic hydroxyl groups is 1. The Hall–Kier alpha value is -1.59. The van der Waals surface area contributed by atoms with Crippen LogP contribution in [0.3, 0.4) is 0 Å². The summed E-state index contributed by atoms with van der Waals surface area (Å²) in [7, 11) is 1.57. The topological polar surface area (TPSA) is 84.6 Å². The van der Waals surface area contributed by atoms with E-state index in [9.17, 15) is 9.90 Å². The zero-order valence-corrected chi connectivity index (χ0v) is 10.1. The van der Waals surface area contributed by atoms with Gasteiger partial charge in [-0.2, -0.15) is 0 Å². The smallest absolute Gasteiger partial charge is 0.250 e. The van der Waals surface area contributed by atoms with E-state index in [2.05, 4.69) is 5.32 Å². The Balaban J connectivity index is 2.68. The third-order valence-electron chi connectivity index (χ3n) is 2.41. The molecule has 0 saturated heterocycles. The zero-order valence-electron chi connectivity index (χ0n) is 10.1. The predicted octanol–water partition coefficient (Wildman–Crippen LogP) is -0.0606. The molecule has 0 fully saturated rings. The number of rotatable bonds is 5. The highest BCUT2D eigenvalue weighted by atomic mass is 16.5. The summed E-state index contributed by atoms with van der Waals surface area (Å²) in [5, 5.41) is 11.8. The summed E-state index contributed by atoms with van der Waals surface area (Å²) >= 11 is 0. The summed E-state index contributed by atoms with van der Waals surface area (Å²) in [6.45, 7) is 2.18. The van der Waals surface area contributed by atoms with Crippen LogP contribution in [0.5, 0.6) is 5.75 Å². The SMILES string of the molecule is COc1ccc(C)cc1CNC(=O)C(O)CN. The maximum Gasteiger partial charge on any atom is 0.250 e. The fourth-order valence-electron chi connectivity index (χ4n) is 1.45. The van der Waals surface area contributed by atoms with Crippen LogP contribution in [-0.4, -0.2) is 30.8 Å². The fourth-order valence-corrected chi connectivity index (χ4v) is 1.45. The van der Waals surface area contributed by atoms with E-state index in [-0.39, 0.29) is 6.54 Å². The molecule has 0 aliphatic heterocycles. The lowest BCUT2D eigenvalue weighted by Crippen LogP contribution is -2.38. The molecule has 0 bridgehead atoms. The van der Waals surface area contributed by atoms with Crippen molar-refractivity contribution < 1.29 is 14.6 Å². The van der Waals surface area contributed by atoms with Gasteiger partial charge >= 0.3 is 0 Å². The van der Waals surface area contributed by atoms with Crippen LogP contribution in [0.1, 0.15) is 11.1 Å². The molecule has 1 aromatic carbocycles. The molecule has 0 spiro atoms. The van der Waals surface area contributed by atoms with Crippen molar-refractivity contribution in [1.29, 1.82) is 0 Å². The lowest BCUT2D eigenvalue weighted by molar-refractivity contribution is -0.128. The van der Waals surface area contributed by atoms with Gasteiger partial charge in [-0.15, -0.1) is 0 Å². The van der Waals surface area contributed by atoms with Crippen molar-refractivity contribution in [2.45, 2.75) is 19.6 Å². The molecule has 0 saturated carbocycles. The number of aliphatic hydroxyl groups excluding tert-OH is 1. The summed E-state index contributed by atoms with van der Waals surface area (Å²) < 4.78 is 5.18. The first-order valence-electron chi connectivity index (χ1n) is 5.38. The normalized spacial score (nSPS) is 12.0. The number of aryl methyl sites for hydroxylation is 1. The first-order valence-corrected chi connectivity index (χ1v) is 5.38. The van der Waals surface area contributed by atoms with Gasteiger partial charge in [0.2, 0.25) is 5.91 Å². The lowest BCUT2D eigenvalue weighted by atomic mass is 10.1. The number of ether oxygens (including phenoxy) is 1. The van der Waals surface area contributed by atoms with Crippen molar-refractivity contribution in [2.24, 2.45) is 5.73 Å². The first kappa shape index (κ1) is 13.5. The maximum atomic E-state index is 11.4. The van der Waals surface area contributed by atoms with Gasteiger partial charge in [-0.3, -0.25) is 4.79 Å². The number of hydrogen-bond donors (Lipinski definition) is 3. The second-order valence-electron chi connectivity index (χ2n) is 3.78. The molecule has 1 aromatic rings. The molecule has 1 amide bonds. The molecular weight excluding hydrogens is 220 g/mol. The van der Waals surface area contributed by atoms with Crippen LogP contribution < -0.4 is 15.8 Å². The van der Waals surface area contributed by atoms with Gasteiger partial charge in [0.15, 0.2) is 0 Å². The van der Waals surface area contributed by atoms with E-state index in [1.54, 1.807) is 7.11 Å². The maximum absolute atomic E-state index is 11.4. The molecule has 4 N–H and O–H groups in total. The van der Waals surface area contributed by atoms with Gasteiger partial charge in [-0.1, -0.05) is 17.7 Å². The van der Waals surface area contributed by atoms with Gasteiger partial charge in [0, 0.05) is 18.7 Å². The summed E-state index contributed by atoms with van der Waals surface area (Å²) in [6, 6.07) is 5.70. The number of carbonyl (C=O) groups is 1. The lowest BCUT2D eigenvalue weighted by Gasteiger charge is -2.12. The van der Waals surface area contributed by atoms with Crippen molar-refractivity contribution in [3.63, 3.8) is 0 Å². The molecule has 1 rings (SSSR count). The Labute approximate surface area is 101 Å². The Morgan fingerprint density at radius 1 is 1.59 bits per heavy atom. The average Bonchev–Trinajstić information content (AvgIpc) is 2.35. The summed E-state index contributed by atoms with van der Waals surface area (Å²) in [5.41, 5.74) is 7.13. The van der Waals surface area contributed by atoms with E-state index >= 15 is 0 Å². The van der Waals surface area contributed by atoms with Crippen molar-refractivity contribution >= 4 is 5.91 Å². The molecule has 1 atom stereocenters. The second-order valence-corrected chi connectivity index (χ2v) is 3.78. The van der Waals surface area contributed by atoms with Crippen molar-refractivity contribution in [3.8, 4) is 5.75 Å². The van der Waals surface area contributed by atoms with Crippen LogP contribution in [0.2, 0.25) is 0 Å². The van der Waals surface area contributed by atoms with Crippen molar-refractivity contribution in [1.82, 2.24) is 5.32 Å². The quantitative estimate of drug-likeness (QED) is 0.671.